The number of hydrogen-bond donors (Lipinski definition) is 0. The van der Waals surface area contributed by atoms with Crippen molar-refractivity contribution in [1.82, 2.24) is 9.80 Å². The second kappa shape index (κ2) is 9.15. The Hall–Kier alpha value is -1.91. The fourth-order valence-electron chi connectivity index (χ4n) is 3.33. The van der Waals surface area contributed by atoms with Crippen LogP contribution in [0.15, 0.2) is 48.5 Å². The van der Waals surface area contributed by atoms with E-state index in [1.165, 1.54) is 12.1 Å². The van der Waals surface area contributed by atoms with Crippen LogP contribution in [0.2, 0.25) is 5.02 Å². The molecule has 1 amide bonds. The number of benzene rings is 2. The molecular weight excluding hydrogens is 351 g/mol. The summed E-state index contributed by atoms with van der Waals surface area (Å²) in [5.74, 6) is -0.0199. The van der Waals surface area contributed by atoms with Crippen molar-refractivity contribution in [2.75, 3.05) is 26.2 Å². The zero-order valence-corrected chi connectivity index (χ0v) is 15.6. The van der Waals surface area contributed by atoms with Crippen molar-refractivity contribution in [3.05, 3.63) is 70.5 Å². The molecule has 1 saturated heterocycles. The largest absolute Gasteiger partial charge is 0.341 e. The molecule has 0 bridgehead atoms. The Balaban J connectivity index is 1.49. The van der Waals surface area contributed by atoms with Gasteiger partial charge < -0.3 is 4.90 Å². The van der Waals surface area contributed by atoms with Crippen molar-refractivity contribution in [3.8, 4) is 0 Å². The molecule has 2 aromatic carbocycles. The predicted octanol–water partition coefficient (Wildman–Crippen LogP) is 4.15. The van der Waals surface area contributed by atoms with Gasteiger partial charge >= 0.3 is 0 Å². The van der Waals surface area contributed by atoms with Gasteiger partial charge in [-0.3, -0.25) is 9.69 Å². The van der Waals surface area contributed by atoms with Crippen molar-refractivity contribution >= 4 is 17.5 Å². The van der Waals surface area contributed by atoms with Crippen molar-refractivity contribution in [1.29, 1.82) is 0 Å². The minimum Gasteiger partial charge on any atom is -0.341 e. The van der Waals surface area contributed by atoms with Gasteiger partial charge in [-0.1, -0.05) is 41.9 Å². The number of carbonyl (C=O) groups is 1. The lowest BCUT2D eigenvalue weighted by atomic mass is 10.1. The van der Waals surface area contributed by atoms with E-state index in [9.17, 15) is 9.18 Å². The quantitative estimate of drug-likeness (QED) is 0.785. The van der Waals surface area contributed by atoms with E-state index in [-0.39, 0.29) is 11.7 Å². The topological polar surface area (TPSA) is 23.6 Å². The second-order valence-electron chi connectivity index (χ2n) is 6.73. The summed E-state index contributed by atoms with van der Waals surface area (Å²) in [6.45, 7) is 4.12. The lowest BCUT2D eigenvalue weighted by Gasteiger charge is -2.22. The maximum absolute atomic E-state index is 13.0. The van der Waals surface area contributed by atoms with Gasteiger partial charge in [-0.2, -0.15) is 0 Å². The van der Waals surface area contributed by atoms with Crippen LogP contribution in [-0.4, -0.2) is 41.9 Å². The summed E-state index contributed by atoms with van der Waals surface area (Å²) in [7, 11) is 0. The molecule has 1 aliphatic heterocycles. The molecule has 0 aromatic heterocycles. The molecule has 0 saturated carbocycles. The maximum Gasteiger partial charge on any atom is 0.222 e. The monoisotopic (exact) mass is 374 g/mol. The van der Waals surface area contributed by atoms with Gasteiger partial charge in [-0.15, -0.1) is 0 Å². The standard InChI is InChI=1S/C21H24ClFN2O/c22-20-5-2-1-4-18(20)8-11-21(26)25-13-3-12-24(14-15-25)16-17-6-9-19(23)10-7-17/h1-2,4-7,9-10H,3,8,11-16H2. The first-order chi connectivity index (χ1) is 12.6. The summed E-state index contributed by atoms with van der Waals surface area (Å²) in [5, 5.41) is 0.724. The third kappa shape index (κ3) is 5.29. The fraction of sp³-hybridized carbons (Fsp3) is 0.381. The van der Waals surface area contributed by atoms with E-state index in [1.54, 1.807) is 0 Å². The van der Waals surface area contributed by atoms with Crippen LogP contribution in [-0.2, 0) is 17.8 Å². The van der Waals surface area contributed by atoms with Gasteiger partial charge in [0.1, 0.15) is 5.82 Å². The van der Waals surface area contributed by atoms with Crippen LogP contribution in [0.4, 0.5) is 4.39 Å². The van der Waals surface area contributed by atoms with Crippen LogP contribution in [0.1, 0.15) is 24.0 Å². The van der Waals surface area contributed by atoms with E-state index in [2.05, 4.69) is 4.90 Å². The number of carbonyl (C=O) groups excluding carboxylic acids is 1. The first-order valence-corrected chi connectivity index (χ1v) is 9.47. The normalized spacial score (nSPS) is 15.7. The molecule has 3 nitrogen and oxygen atoms in total. The number of nitrogens with zero attached hydrogens (tertiary/aromatic N) is 2. The summed E-state index contributed by atoms with van der Waals surface area (Å²) in [5.41, 5.74) is 2.13. The molecule has 0 unspecified atom stereocenters. The maximum atomic E-state index is 13.0. The number of amides is 1. The summed E-state index contributed by atoms with van der Waals surface area (Å²) in [6, 6.07) is 14.3. The molecule has 138 valence electrons. The van der Waals surface area contributed by atoms with Crippen LogP contribution < -0.4 is 0 Å². The minimum absolute atomic E-state index is 0.188. The highest BCUT2D eigenvalue weighted by atomic mass is 35.5. The van der Waals surface area contributed by atoms with Gasteiger partial charge in [0.25, 0.3) is 0 Å². The Labute approximate surface area is 159 Å². The average molecular weight is 375 g/mol. The molecule has 1 aliphatic rings. The first kappa shape index (κ1) is 18.9. The van der Waals surface area contributed by atoms with Crippen LogP contribution in [0, 0.1) is 5.82 Å². The van der Waals surface area contributed by atoms with Crippen molar-refractivity contribution < 1.29 is 9.18 Å². The first-order valence-electron chi connectivity index (χ1n) is 9.10. The molecule has 1 fully saturated rings. The number of aryl methyl sites for hydroxylation is 1. The van der Waals surface area contributed by atoms with E-state index in [0.29, 0.717) is 12.8 Å². The van der Waals surface area contributed by atoms with Gasteiger partial charge in [0.05, 0.1) is 0 Å². The third-order valence-electron chi connectivity index (χ3n) is 4.83. The Morgan fingerprint density at radius 2 is 1.77 bits per heavy atom. The summed E-state index contributed by atoms with van der Waals surface area (Å²) >= 11 is 6.17. The molecule has 0 spiro atoms. The second-order valence-corrected chi connectivity index (χ2v) is 7.14. The van der Waals surface area contributed by atoms with Gasteiger partial charge in [0.2, 0.25) is 5.91 Å². The van der Waals surface area contributed by atoms with Gasteiger partial charge in [0, 0.05) is 44.2 Å². The molecular formula is C21H24ClFN2O. The highest BCUT2D eigenvalue weighted by Crippen LogP contribution is 2.17. The van der Waals surface area contributed by atoms with Crippen molar-refractivity contribution in [2.45, 2.75) is 25.8 Å². The highest BCUT2D eigenvalue weighted by Gasteiger charge is 2.19. The number of halogens is 2. The SMILES string of the molecule is O=C(CCc1ccccc1Cl)N1CCCN(Cc2ccc(F)cc2)CC1. The molecule has 0 N–H and O–H groups in total. The van der Waals surface area contributed by atoms with E-state index in [4.69, 9.17) is 11.6 Å². The zero-order chi connectivity index (χ0) is 18.4. The smallest absolute Gasteiger partial charge is 0.222 e. The summed E-state index contributed by atoms with van der Waals surface area (Å²) in [4.78, 5) is 16.8. The van der Waals surface area contributed by atoms with Crippen LogP contribution in [0.5, 0.6) is 0 Å². The zero-order valence-electron chi connectivity index (χ0n) is 14.8. The summed E-state index contributed by atoms with van der Waals surface area (Å²) in [6.07, 6.45) is 2.12. The van der Waals surface area contributed by atoms with Crippen molar-refractivity contribution in [3.63, 3.8) is 0 Å². The fourth-order valence-corrected chi connectivity index (χ4v) is 3.56. The molecule has 0 radical (unpaired) electrons. The van der Waals surface area contributed by atoms with Gasteiger partial charge in [-0.05, 0) is 42.2 Å². The van der Waals surface area contributed by atoms with Gasteiger partial charge in [0.15, 0.2) is 0 Å². The molecule has 26 heavy (non-hydrogen) atoms. The molecule has 1 heterocycles. The van der Waals surface area contributed by atoms with E-state index < -0.39 is 0 Å². The van der Waals surface area contributed by atoms with Crippen LogP contribution >= 0.6 is 11.6 Å². The average Bonchev–Trinajstić information content (AvgIpc) is 2.88. The third-order valence-corrected chi connectivity index (χ3v) is 5.20. The molecule has 0 atom stereocenters. The Morgan fingerprint density at radius 3 is 2.54 bits per heavy atom. The van der Waals surface area contributed by atoms with Crippen molar-refractivity contribution in [2.24, 2.45) is 0 Å². The molecule has 5 heteroatoms. The lowest BCUT2D eigenvalue weighted by molar-refractivity contribution is -0.131. The molecule has 2 aromatic rings. The molecule has 3 rings (SSSR count). The number of rotatable bonds is 5. The Bertz CT molecular complexity index is 735. The van der Waals surface area contributed by atoms with Crippen LogP contribution in [0.25, 0.3) is 0 Å². The lowest BCUT2D eigenvalue weighted by Crippen LogP contribution is -2.35. The molecule has 0 aliphatic carbocycles. The van der Waals surface area contributed by atoms with Crippen LogP contribution in [0.3, 0.4) is 0 Å². The highest BCUT2D eigenvalue weighted by molar-refractivity contribution is 6.31. The van der Waals surface area contributed by atoms with E-state index >= 15 is 0 Å². The Morgan fingerprint density at radius 1 is 1.00 bits per heavy atom. The van der Waals surface area contributed by atoms with E-state index in [0.717, 1.165) is 55.3 Å². The Kier molecular flexibility index (Phi) is 6.64. The van der Waals surface area contributed by atoms with E-state index in [1.807, 2.05) is 41.3 Å². The number of hydrogen-bond acceptors (Lipinski definition) is 2. The summed E-state index contributed by atoms with van der Waals surface area (Å²) < 4.78 is 13.0. The van der Waals surface area contributed by atoms with Gasteiger partial charge in [-0.25, -0.2) is 4.39 Å². The predicted molar refractivity (Wildman–Crippen MR) is 103 cm³/mol. The minimum atomic E-state index is -0.208.